The molecule has 20 heavy (non-hydrogen) atoms. The van der Waals surface area contributed by atoms with E-state index in [4.69, 9.17) is 0 Å². The normalized spacial score (nSPS) is 21.3. The number of nitrogens with zero attached hydrogens (tertiary/aromatic N) is 1. The first-order chi connectivity index (χ1) is 9.46. The number of halogens is 1. The zero-order valence-corrected chi connectivity index (χ0v) is 12.2. The van der Waals surface area contributed by atoms with E-state index in [9.17, 15) is 17.9 Å². The molecule has 0 aromatic heterocycles. The smallest absolute Gasteiger partial charge is 0.151 e. The van der Waals surface area contributed by atoms with Gasteiger partial charge in [0.05, 0.1) is 17.6 Å². The van der Waals surface area contributed by atoms with Gasteiger partial charge in [0.15, 0.2) is 9.84 Å². The molecule has 1 saturated heterocycles. The first-order valence-electron chi connectivity index (χ1n) is 6.82. The molecule has 112 valence electrons. The van der Waals surface area contributed by atoms with Gasteiger partial charge < -0.3 is 10.0 Å². The van der Waals surface area contributed by atoms with Crippen LogP contribution in [0.15, 0.2) is 24.3 Å². The van der Waals surface area contributed by atoms with E-state index in [1.54, 1.807) is 12.1 Å². The van der Waals surface area contributed by atoms with Gasteiger partial charge in [-0.25, -0.2) is 12.8 Å². The molecule has 1 aliphatic rings. The Morgan fingerprint density at radius 1 is 1.30 bits per heavy atom. The van der Waals surface area contributed by atoms with Crippen LogP contribution in [0, 0.1) is 5.82 Å². The molecular formula is C14H20FNO3S. The van der Waals surface area contributed by atoms with Crippen LogP contribution < -0.4 is 0 Å². The first kappa shape index (κ1) is 15.4. The van der Waals surface area contributed by atoms with Gasteiger partial charge in [-0.3, -0.25) is 0 Å². The van der Waals surface area contributed by atoms with Crippen molar-refractivity contribution >= 4 is 9.84 Å². The van der Waals surface area contributed by atoms with E-state index in [2.05, 4.69) is 0 Å². The maximum Gasteiger partial charge on any atom is 0.151 e. The topological polar surface area (TPSA) is 57.6 Å². The fraction of sp³-hybridized carbons (Fsp3) is 0.571. The Kier molecular flexibility index (Phi) is 5.12. The first-order valence-corrected chi connectivity index (χ1v) is 8.65. The van der Waals surface area contributed by atoms with Crippen LogP contribution in [0.25, 0.3) is 0 Å². The average molecular weight is 301 g/mol. The summed E-state index contributed by atoms with van der Waals surface area (Å²) in [4.78, 5) is 2.05. The summed E-state index contributed by atoms with van der Waals surface area (Å²) in [6.45, 7) is 1.86. The van der Waals surface area contributed by atoms with Gasteiger partial charge in [0, 0.05) is 13.1 Å². The Balaban J connectivity index is 1.86. The molecule has 4 nitrogen and oxygen atoms in total. The molecule has 6 heteroatoms. The van der Waals surface area contributed by atoms with Gasteiger partial charge in [-0.1, -0.05) is 12.1 Å². The van der Waals surface area contributed by atoms with Crippen LogP contribution in [0.4, 0.5) is 4.39 Å². The van der Waals surface area contributed by atoms with Crippen molar-refractivity contribution in [1.82, 2.24) is 4.90 Å². The van der Waals surface area contributed by atoms with Gasteiger partial charge in [-0.2, -0.15) is 0 Å². The summed E-state index contributed by atoms with van der Waals surface area (Å²) in [6.07, 6.45) is 0.396. The van der Waals surface area contributed by atoms with Crippen molar-refractivity contribution in [2.75, 3.05) is 31.1 Å². The largest absolute Gasteiger partial charge is 0.388 e. The minimum absolute atomic E-state index is 0.184. The Labute approximate surface area is 119 Å². The number of hydrogen-bond acceptors (Lipinski definition) is 4. The predicted molar refractivity (Wildman–Crippen MR) is 75.7 cm³/mol. The molecule has 1 atom stereocenters. The molecule has 0 radical (unpaired) electrons. The standard InChI is InChI=1S/C14H20FNO3S/c15-13-4-1-3-12(11-13)14(17)5-7-16-6-2-9-20(18,19)10-8-16/h1,3-4,11,14,17H,2,5-10H2. The van der Waals surface area contributed by atoms with E-state index in [1.807, 2.05) is 4.90 Å². The van der Waals surface area contributed by atoms with Gasteiger partial charge in [-0.05, 0) is 37.1 Å². The van der Waals surface area contributed by atoms with Crippen LogP contribution in [0.3, 0.4) is 0 Å². The van der Waals surface area contributed by atoms with Gasteiger partial charge in [0.1, 0.15) is 5.82 Å². The number of sulfone groups is 1. The van der Waals surface area contributed by atoms with E-state index >= 15 is 0 Å². The lowest BCUT2D eigenvalue weighted by molar-refractivity contribution is 0.144. The van der Waals surface area contributed by atoms with Gasteiger partial charge in [-0.15, -0.1) is 0 Å². The molecule has 1 aromatic rings. The monoisotopic (exact) mass is 301 g/mol. The van der Waals surface area contributed by atoms with E-state index in [1.165, 1.54) is 12.1 Å². The van der Waals surface area contributed by atoms with E-state index in [0.29, 0.717) is 31.5 Å². The summed E-state index contributed by atoms with van der Waals surface area (Å²) < 4.78 is 36.1. The lowest BCUT2D eigenvalue weighted by Gasteiger charge is -2.21. The van der Waals surface area contributed by atoms with E-state index < -0.39 is 15.9 Å². The highest BCUT2D eigenvalue weighted by Gasteiger charge is 2.19. The molecule has 0 amide bonds. The summed E-state index contributed by atoms with van der Waals surface area (Å²) >= 11 is 0. The Hall–Kier alpha value is -0.980. The molecule has 1 aliphatic heterocycles. The Morgan fingerprint density at radius 2 is 2.10 bits per heavy atom. The van der Waals surface area contributed by atoms with Crippen LogP contribution >= 0.6 is 0 Å². The molecule has 2 rings (SSSR count). The highest BCUT2D eigenvalue weighted by molar-refractivity contribution is 7.91. The van der Waals surface area contributed by atoms with Crippen LogP contribution in [-0.2, 0) is 9.84 Å². The lowest BCUT2D eigenvalue weighted by atomic mass is 10.1. The molecule has 0 spiro atoms. The summed E-state index contributed by atoms with van der Waals surface area (Å²) in [5, 5.41) is 10.0. The molecule has 0 saturated carbocycles. The number of benzene rings is 1. The fourth-order valence-corrected chi connectivity index (χ4v) is 3.71. The Morgan fingerprint density at radius 3 is 2.85 bits per heavy atom. The van der Waals surface area contributed by atoms with Crippen molar-refractivity contribution in [2.24, 2.45) is 0 Å². The second-order valence-electron chi connectivity index (χ2n) is 5.21. The van der Waals surface area contributed by atoms with Crippen molar-refractivity contribution in [3.63, 3.8) is 0 Å². The molecule has 1 N–H and O–H groups in total. The van der Waals surface area contributed by atoms with Crippen molar-refractivity contribution in [3.8, 4) is 0 Å². The molecule has 1 aromatic carbocycles. The minimum atomic E-state index is -2.90. The van der Waals surface area contributed by atoms with Gasteiger partial charge in [0.25, 0.3) is 0 Å². The van der Waals surface area contributed by atoms with Crippen molar-refractivity contribution in [3.05, 3.63) is 35.6 Å². The number of hydrogen-bond donors (Lipinski definition) is 1. The highest BCUT2D eigenvalue weighted by atomic mass is 32.2. The average Bonchev–Trinajstić information content (AvgIpc) is 2.57. The Bertz CT molecular complexity index is 547. The summed E-state index contributed by atoms with van der Waals surface area (Å²) in [7, 11) is -2.90. The zero-order valence-electron chi connectivity index (χ0n) is 11.3. The SMILES string of the molecule is O=S1(=O)CCCN(CCC(O)c2cccc(F)c2)CC1. The highest BCUT2D eigenvalue weighted by Crippen LogP contribution is 2.18. The van der Waals surface area contributed by atoms with Crippen LogP contribution in [0.1, 0.15) is 24.5 Å². The minimum Gasteiger partial charge on any atom is -0.388 e. The van der Waals surface area contributed by atoms with Crippen LogP contribution in [0.2, 0.25) is 0 Å². The lowest BCUT2D eigenvalue weighted by Crippen LogP contribution is -2.29. The van der Waals surface area contributed by atoms with Gasteiger partial charge >= 0.3 is 0 Å². The number of aliphatic hydroxyl groups is 1. The summed E-state index contributed by atoms with van der Waals surface area (Å²) in [5.41, 5.74) is 0.562. The molecule has 0 bridgehead atoms. The summed E-state index contributed by atoms with van der Waals surface area (Å²) in [5.74, 6) is 0.0707. The third kappa shape index (κ3) is 4.54. The predicted octanol–water partition coefficient (Wildman–Crippen LogP) is 1.37. The van der Waals surface area contributed by atoms with Crippen molar-refractivity contribution in [1.29, 1.82) is 0 Å². The molecule has 0 aliphatic carbocycles. The van der Waals surface area contributed by atoms with E-state index in [0.717, 1.165) is 6.54 Å². The number of aliphatic hydroxyl groups excluding tert-OH is 1. The third-order valence-corrected chi connectivity index (χ3v) is 5.32. The number of rotatable bonds is 4. The third-order valence-electron chi connectivity index (χ3n) is 3.60. The van der Waals surface area contributed by atoms with Crippen molar-refractivity contribution in [2.45, 2.75) is 18.9 Å². The molecule has 1 heterocycles. The zero-order chi connectivity index (χ0) is 14.6. The maximum absolute atomic E-state index is 13.1. The fourth-order valence-electron chi connectivity index (χ4n) is 2.40. The molecule has 1 fully saturated rings. The molecular weight excluding hydrogens is 281 g/mol. The molecule has 1 unspecified atom stereocenters. The van der Waals surface area contributed by atoms with Gasteiger partial charge in [0.2, 0.25) is 0 Å². The second kappa shape index (κ2) is 6.65. The summed E-state index contributed by atoms with van der Waals surface area (Å²) in [6, 6.07) is 5.94. The van der Waals surface area contributed by atoms with Crippen molar-refractivity contribution < 1.29 is 17.9 Å². The van der Waals surface area contributed by atoms with Crippen LogP contribution in [-0.4, -0.2) is 49.6 Å². The van der Waals surface area contributed by atoms with E-state index in [-0.39, 0.29) is 17.3 Å². The second-order valence-corrected chi connectivity index (χ2v) is 7.51. The quantitative estimate of drug-likeness (QED) is 0.912. The maximum atomic E-state index is 13.1. The van der Waals surface area contributed by atoms with Crippen LogP contribution in [0.5, 0.6) is 0 Å².